The molecule has 5 heteroatoms. The van der Waals surface area contributed by atoms with Crippen LogP contribution in [0.15, 0.2) is 95.0 Å². The first-order valence-corrected chi connectivity index (χ1v) is 9.80. The third-order valence-corrected chi connectivity index (χ3v) is 4.58. The molecule has 0 saturated carbocycles. The molecule has 0 saturated heterocycles. The van der Waals surface area contributed by atoms with Crippen LogP contribution in [-0.2, 0) is 32.3 Å². The van der Waals surface area contributed by atoms with Gasteiger partial charge in [0, 0.05) is 4.47 Å². The Balaban J connectivity index is 1.75. The van der Waals surface area contributed by atoms with E-state index >= 15 is 0 Å². The SMILES string of the molecule is O=C(OCc1ccccc1)C(=Cc1ccc(Br)cc1)C(=O)OCc1ccccc1. The van der Waals surface area contributed by atoms with Crippen molar-refractivity contribution in [2.75, 3.05) is 0 Å². The minimum Gasteiger partial charge on any atom is -0.457 e. The molecule has 0 aliphatic heterocycles. The molecule has 0 spiro atoms. The summed E-state index contributed by atoms with van der Waals surface area (Å²) in [4.78, 5) is 25.3. The van der Waals surface area contributed by atoms with Gasteiger partial charge >= 0.3 is 11.9 Å². The van der Waals surface area contributed by atoms with Gasteiger partial charge in [0.15, 0.2) is 0 Å². The average Bonchev–Trinajstić information content (AvgIpc) is 2.77. The molecule has 3 aromatic rings. The van der Waals surface area contributed by atoms with Gasteiger partial charge in [0.25, 0.3) is 0 Å². The van der Waals surface area contributed by atoms with Crippen molar-refractivity contribution < 1.29 is 19.1 Å². The summed E-state index contributed by atoms with van der Waals surface area (Å²) >= 11 is 3.37. The first-order valence-electron chi connectivity index (χ1n) is 9.01. The lowest BCUT2D eigenvalue weighted by Crippen LogP contribution is -2.18. The summed E-state index contributed by atoms with van der Waals surface area (Å²) in [5.41, 5.74) is 2.21. The van der Waals surface area contributed by atoms with Gasteiger partial charge in [-0.25, -0.2) is 9.59 Å². The number of halogens is 1. The van der Waals surface area contributed by atoms with Crippen molar-refractivity contribution in [3.05, 3.63) is 112 Å². The van der Waals surface area contributed by atoms with E-state index in [1.165, 1.54) is 6.08 Å². The number of carbonyl (C=O) groups excluding carboxylic acids is 2. The molecule has 4 nitrogen and oxygen atoms in total. The lowest BCUT2D eigenvalue weighted by Gasteiger charge is -2.10. The van der Waals surface area contributed by atoms with E-state index in [1.54, 1.807) is 12.1 Å². The molecule has 0 unspecified atom stereocenters. The Bertz CT molecular complexity index is 923. The summed E-state index contributed by atoms with van der Waals surface area (Å²) in [6.07, 6.45) is 1.48. The van der Waals surface area contributed by atoms with Crippen molar-refractivity contribution in [2.45, 2.75) is 13.2 Å². The maximum atomic E-state index is 12.6. The molecule has 0 N–H and O–H groups in total. The Hall–Kier alpha value is -3.18. The van der Waals surface area contributed by atoms with E-state index in [-0.39, 0.29) is 18.8 Å². The van der Waals surface area contributed by atoms with Crippen LogP contribution in [-0.4, -0.2) is 11.9 Å². The highest BCUT2D eigenvalue weighted by Crippen LogP contribution is 2.16. The Morgan fingerprint density at radius 3 is 1.59 bits per heavy atom. The molecule has 0 fully saturated rings. The highest BCUT2D eigenvalue weighted by atomic mass is 79.9. The number of benzene rings is 3. The summed E-state index contributed by atoms with van der Waals surface area (Å²) in [7, 11) is 0. The minimum absolute atomic E-state index is 0.0727. The highest BCUT2D eigenvalue weighted by molar-refractivity contribution is 9.10. The lowest BCUT2D eigenvalue weighted by atomic mass is 10.1. The fourth-order valence-electron chi connectivity index (χ4n) is 2.53. The van der Waals surface area contributed by atoms with Crippen LogP contribution in [0.1, 0.15) is 16.7 Å². The fourth-order valence-corrected chi connectivity index (χ4v) is 2.79. The van der Waals surface area contributed by atoms with Gasteiger partial charge < -0.3 is 9.47 Å². The zero-order valence-corrected chi connectivity index (χ0v) is 17.2. The number of hydrogen-bond acceptors (Lipinski definition) is 4. The van der Waals surface area contributed by atoms with Gasteiger partial charge in [-0.2, -0.15) is 0 Å². The molecule has 0 aromatic heterocycles. The number of esters is 2. The summed E-state index contributed by atoms with van der Waals surface area (Å²) in [6.45, 7) is 0.145. The minimum atomic E-state index is -0.727. The van der Waals surface area contributed by atoms with E-state index in [0.29, 0.717) is 5.56 Å². The fraction of sp³-hybridized carbons (Fsp3) is 0.0833. The Morgan fingerprint density at radius 1 is 0.690 bits per heavy atom. The van der Waals surface area contributed by atoms with Crippen molar-refractivity contribution in [1.82, 2.24) is 0 Å². The molecule has 0 radical (unpaired) electrons. The Morgan fingerprint density at radius 2 is 1.14 bits per heavy atom. The smallest absolute Gasteiger partial charge is 0.345 e. The Labute approximate surface area is 177 Å². The molecule has 3 rings (SSSR count). The molecule has 0 amide bonds. The third kappa shape index (κ3) is 6.43. The number of carbonyl (C=O) groups is 2. The summed E-state index contributed by atoms with van der Waals surface area (Å²) in [5.74, 6) is -1.45. The number of rotatable bonds is 7. The standard InChI is InChI=1S/C24H19BrO4/c25-21-13-11-18(12-14-21)15-22(23(26)28-16-19-7-3-1-4-8-19)24(27)29-17-20-9-5-2-6-10-20/h1-15H,16-17H2. The van der Waals surface area contributed by atoms with E-state index in [9.17, 15) is 9.59 Å². The van der Waals surface area contributed by atoms with Crippen LogP contribution in [0.2, 0.25) is 0 Å². The predicted molar refractivity (Wildman–Crippen MR) is 115 cm³/mol. The second-order valence-corrected chi connectivity index (χ2v) is 7.15. The Kier molecular flexibility index (Phi) is 7.36. The molecular formula is C24H19BrO4. The molecule has 146 valence electrons. The normalized spacial score (nSPS) is 10.1. The van der Waals surface area contributed by atoms with Crippen molar-refractivity contribution in [3.63, 3.8) is 0 Å². The van der Waals surface area contributed by atoms with Crippen LogP contribution in [0, 0.1) is 0 Å². The summed E-state index contributed by atoms with van der Waals surface area (Å²) < 4.78 is 11.6. The van der Waals surface area contributed by atoms with E-state index in [4.69, 9.17) is 9.47 Å². The van der Waals surface area contributed by atoms with Crippen LogP contribution in [0.25, 0.3) is 6.08 Å². The highest BCUT2D eigenvalue weighted by Gasteiger charge is 2.22. The maximum Gasteiger partial charge on any atom is 0.345 e. The molecule has 3 aromatic carbocycles. The van der Waals surface area contributed by atoms with Gasteiger partial charge in [-0.05, 0) is 34.9 Å². The molecule has 0 heterocycles. The van der Waals surface area contributed by atoms with Crippen LogP contribution in [0.3, 0.4) is 0 Å². The zero-order valence-electron chi connectivity index (χ0n) is 15.6. The van der Waals surface area contributed by atoms with Crippen LogP contribution >= 0.6 is 15.9 Å². The zero-order chi connectivity index (χ0) is 20.5. The first kappa shape index (κ1) is 20.6. The average molecular weight is 451 g/mol. The topological polar surface area (TPSA) is 52.6 Å². The van der Waals surface area contributed by atoms with Crippen molar-refractivity contribution in [2.24, 2.45) is 0 Å². The van der Waals surface area contributed by atoms with E-state index < -0.39 is 11.9 Å². The van der Waals surface area contributed by atoms with E-state index in [0.717, 1.165) is 15.6 Å². The first-order chi connectivity index (χ1) is 14.1. The summed E-state index contributed by atoms with van der Waals surface area (Å²) in [6, 6.07) is 25.8. The van der Waals surface area contributed by atoms with E-state index in [1.807, 2.05) is 72.8 Å². The molecule has 29 heavy (non-hydrogen) atoms. The van der Waals surface area contributed by atoms with Gasteiger partial charge in [-0.3, -0.25) is 0 Å². The lowest BCUT2D eigenvalue weighted by molar-refractivity contribution is -0.148. The molecule has 0 atom stereocenters. The molecule has 0 aliphatic carbocycles. The summed E-state index contributed by atoms with van der Waals surface area (Å²) in [5, 5.41) is 0. The second kappa shape index (κ2) is 10.4. The second-order valence-electron chi connectivity index (χ2n) is 6.23. The molecule has 0 bridgehead atoms. The van der Waals surface area contributed by atoms with Crippen molar-refractivity contribution in [1.29, 1.82) is 0 Å². The molecule has 0 aliphatic rings. The number of ether oxygens (including phenoxy) is 2. The third-order valence-electron chi connectivity index (χ3n) is 4.05. The van der Waals surface area contributed by atoms with Crippen LogP contribution in [0.4, 0.5) is 0 Å². The van der Waals surface area contributed by atoms with Gasteiger partial charge in [0.2, 0.25) is 0 Å². The van der Waals surface area contributed by atoms with Crippen LogP contribution in [0.5, 0.6) is 0 Å². The van der Waals surface area contributed by atoms with E-state index in [2.05, 4.69) is 15.9 Å². The molecular weight excluding hydrogens is 432 g/mol. The predicted octanol–water partition coefficient (Wildman–Crippen LogP) is 5.32. The van der Waals surface area contributed by atoms with Crippen LogP contribution < -0.4 is 0 Å². The maximum absolute atomic E-state index is 12.6. The van der Waals surface area contributed by atoms with Gasteiger partial charge in [0.05, 0.1) is 0 Å². The quantitative estimate of drug-likeness (QED) is 0.211. The van der Waals surface area contributed by atoms with Crippen molar-refractivity contribution in [3.8, 4) is 0 Å². The largest absolute Gasteiger partial charge is 0.457 e. The van der Waals surface area contributed by atoms with Gasteiger partial charge in [-0.15, -0.1) is 0 Å². The van der Waals surface area contributed by atoms with Gasteiger partial charge in [0.1, 0.15) is 18.8 Å². The van der Waals surface area contributed by atoms with Crippen molar-refractivity contribution >= 4 is 33.9 Å². The van der Waals surface area contributed by atoms with Gasteiger partial charge in [-0.1, -0.05) is 88.7 Å². The monoisotopic (exact) mass is 450 g/mol. The number of hydrogen-bond donors (Lipinski definition) is 0.